The Morgan fingerprint density at radius 1 is 1.40 bits per heavy atom. The van der Waals surface area contributed by atoms with Crippen LogP contribution in [0.2, 0.25) is 0 Å². The third-order valence-electron chi connectivity index (χ3n) is 2.21. The number of hydrogen-bond donors (Lipinski definition) is 2. The van der Waals surface area contributed by atoms with E-state index in [0.717, 1.165) is 0 Å². The van der Waals surface area contributed by atoms with Crippen LogP contribution in [0.3, 0.4) is 0 Å². The highest BCUT2D eigenvalue weighted by Crippen LogP contribution is 2.15. The molecule has 0 aliphatic carbocycles. The average molecular weight is 279 g/mol. The Kier molecular flexibility index (Phi) is 5.32. The number of hydrogen-bond acceptors (Lipinski definition) is 4. The molecule has 0 saturated carbocycles. The van der Waals surface area contributed by atoms with Gasteiger partial charge in [-0.2, -0.15) is 5.26 Å². The fourth-order valence-electron chi connectivity index (χ4n) is 1.44. The lowest BCUT2D eigenvalue weighted by Gasteiger charge is -2.19. The van der Waals surface area contributed by atoms with Crippen molar-refractivity contribution < 1.29 is 13.9 Å². The van der Waals surface area contributed by atoms with Gasteiger partial charge >= 0.3 is 6.09 Å². The summed E-state index contributed by atoms with van der Waals surface area (Å²) in [6, 6.07) is 5.83. The number of nitriles is 1. The molecule has 0 bridgehead atoms. The predicted octanol–water partition coefficient (Wildman–Crippen LogP) is 2.63. The summed E-state index contributed by atoms with van der Waals surface area (Å²) in [7, 11) is 0. The SMILES string of the molecule is CC(C)(C)OC(=O)NCCNc1cc(F)ccc1C#N. The van der Waals surface area contributed by atoms with Gasteiger partial charge < -0.3 is 15.4 Å². The molecule has 0 aliphatic heterocycles. The largest absolute Gasteiger partial charge is 0.444 e. The first-order valence-electron chi connectivity index (χ1n) is 6.22. The number of ether oxygens (including phenoxy) is 1. The first kappa shape index (κ1) is 15.8. The van der Waals surface area contributed by atoms with Crippen molar-refractivity contribution in [3.63, 3.8) is 0 Å². The normalized spacial score (nSPS) is 10.6. The predicted molar refractivity (Wildman–Crippen MR) is 73.8 cm³/mol. The van der Waals surface area contributed by atoms with Crippen molar-refractivity contribution in [3.05, 3.63) is 29.6 Å². The van der Waals surface area contributed by atoms with Gasteiger partial charge in [0.15, 0.2) is 0 Å². The van der Waals surface area contributed by atoms with E-state index in [9.17, 15) is 9.18 Å². The van der Waals surface area contributed by atoms with Gasteiger partial charge in [-0.25, -0.2) is 9.18 Å². The number of nitrogens with zero attached hydrogens (tertiary/aromatic N) is 1. The average Bonchev–Trinajstić information content (AvgIpc) is 2.33. The molecule has 20 heavy (non-hydrogen) atoms. The van der Waals surface area contributed by atoms with E-state index in [1.165, 1.54) is 18.2 Å². The monoisotopic (exact) mass is 279 g/mol. The lowest BCUT2D eigenvalue weighted by molar-refractivity contribution is 0.0530. The van der Waals surface area contributed by atoms with Crippen LogP contribution in [0.4, 0.5) is 14.9 Å². The van der Waals surface area contributed by atoms with Crippen LogP contribution in [0.25, 0.3) is 0 Å². The maximum atomic E-state index is 13.1. The first-order valence-corrected chi connectivity index (χ1v) is 6.22. The highest BCUT2D eigenvalue weighted by Gasteiger charge is 2.15. The number of benzene rings is 1. The van der Waals surface area contributed by atoms with Crippen molar-refractivity contribution in [1.82, 2.24) is 5.32 Å². The molecule has 1 aromatic rings. The Morgan fingerprint density at radius 3 is 2.70 bits per heavy atom. The van der Waals surface area contributed by atoms with E-state index in [0.29, 0.717) is 24.3 Å². The Bertz CT molecular complexity index is 518. The number of rotatable bonds is 4. The molecule has 108 valence electrons. The van der Waals surface area contributed by atoms with Crippen LogP contribution >= 0.6 is 0 Å². The van der Waals surface area contributed by atoms with Crippen LogP contribution < -0.4 is 10.6 Å². The van der Waals surface area contributed by atoms with Crippen LogP contribution in [0.5, 0.6) is 0 Å². The molecule has 6 heteroatoms. The summed E-state index contributed by atoms with van der Waals surface area (Å²) in [6.07, 6.45) is -0.515. The summed E-state index contributed by atoms with van der Waals surface area (Å²) >= 11 is 0. The summed E-state index contributed by atoms with van der Waals surface area (Å²) in [5.41, 5.74) is 0.204. The van der Waals surface area contributed by atoms with E-state index in [4.69, 9.17) is 10.00 Å². The van der Waals surface area contributed by atoms with Gasteiger partial charge in [0.2, 0.25) is 0 Å². The Morgan fingerprint density at radius 2 is 2.10 bits per heavy atom. The Labute approximate surface area is 117 Å². The van der Waals surface area contributed by atoms with E-state index >= 15 is 0 Å². The van der Waals surface area contributed by atoms with Gasteiger partial charge in [-0.15, -0.1) is 0 Å². The molecule has 1 aromatic carbocycles. The lowest BCUT2D eigenvalue weighted by atomic mass is 10.2. The Balaban J connectivity index is 2.40. The molecular formula is C14H18FN3O2. The molecule has 5 nitrogen and oxygen atoms in total. The number of halogens is 1. The summed E-state index contributed by atoms with van der Waals surface area (Å²) < 4.78 is 18.1. The van der Waals surface area contributed by atoms with Gasteiger partial charge in [-0.05, 0) is 39.0 Å². The van der Waals surface area contributed by atoms with Crippen molar-refractivity contribution >= 4 is 11.8 Å². The van der Waals surface area contributed by atoms with E-state index in [1.807, 2.05) is 6.07 Å². The number of alkyl carbamates (subject to hydrolysis) is 1. The van der Waals surface area contributed by atoms with Crippen LogP contribution in [0, 0.1) is 17.1 Å². The van der Waals surface area contributed by atoms with Gasteiger partial charge in [0.25, 0.3) is 0 Å². The summed E-state index contributed by atoms with van der Waals surface area (Å²) in [5.74, 6) is -0.424. The number of anilines is 1. The van der Waals surface area contributed by atoms with Crippen molar-refractivity contribution in [3.8, 4) is 6.07 Å². The molecule has 0 fully saturated rings. The van der Waals surface area contributed by atoms with Crippen LogP contribution in [-0.2, 0) is 4.74 Å². The first-order chi connectivity index (χ1) is 9.31. The number of amides is 1. The zero-order valence-electron chi connectivity index (χ0n) is 11.8. The van der Waals surface area contributed by atoms with E-state index in [2.05, 4.69) is 10.6 Å². The third kappa shape index (κ3) is 5.57. The van der Waals surface area contributed by atoms with Crippen molar-refractivity contribution in [1.29, 1.82) is 5.26 Å². The zero-order valence-corrected chi connectivity index (χ0v) is 11.8. The third-order valence-corrected chi connectivity index (χ3v) is 2.21. The van der Waals surface area contributed by atoms with Gasteiger partial charge in [0.05, 0.1) is 11.3 Å². The molecule has 0 radical (unpaired) electrons. The molecule has 2 N–H and O–H groups in total. The van der Waals surface area contributed by atoms with Gasteiger partial charge in [0.1, 0.15) is 17.5 Å². The molecule has 0 saturated heterocycles. The lowest BCUT2D eigenvalue weighted by Crippen LogP contribution is -2.35. The molecule has 0 spiro atoms. The maximum absolute atomic E-state index is 13.1. The second-order valence-corrected chi connectivity index (χ2v) is 5.16. The molecule has 0 aromatic heterocycles. The fourth-order valence-corrected chi connectivity index (χ4v) is 1.44. The Hall–Kier alpha value is -2.29. The minimum atomic E-state index is -0.548. The number of carbonyl (C=O) groups excluding carboxylic acids is 1. The van der Waals surface area contributed by atoms with E-state index in [-0.39, 0.29) is 0 Å². The zero-order chi connectivity index (χ0) is 15.2. The topological polar surface area (TPSA) is 74.2 Å². The van der Waals surface area contributed by atoms with E-state index in [1.54, 1.807) is 20.8 Å². The van der Waals surface area contributed by atoms with Crippen LogP contribution in [0.15, 0.2) is 18.2 Å². The number of nitrogens with one attached hydrogen (secondary N) is 2. The highest BCUT2D eigenvalue weighted by molar-refractivity contribution is 5.67. The van der Waals surface area contributed by atoms with E-state index < -0.39 is 17.5 Å². The minimum Gasteiger partial charge on any atom is -0.444 e. The highest BCUT2D eigenvalue weighted by atomic mass is 19.1. The standard InChI is InChI=1S/C14H18FN3O2/c1-14(2,3)20-13(19)18-7-6-17-12-8-11(15)5-4-10(12)9-16/h4-5,8,17H,6-7H2,1-3H3,(H,18,19). The number of carbonyl (C=O) groups is 1. The molecule has 0 heterocycles. The quantitative estimate of drug-likeness (QED) is 0.831. The molecule has 0 unspecified atom stereocenters. The summed E-state index contributed by atoms with van der Waals surface area (Å²) in [4.78, 5) is 11.4. The molecule has 0 atom stereocenters. The van der Waals surface area contributed by atoms with Crippen LogP contribution in [0.1, 0.15) is 26.3 Å². The second-order valence-electron chi connectivity index (χ2n) is 5.16. The summed E-state index contributed by atoms with van der Waals surface area (Å²) in [6.45, 7) is 5.98. The molecule has 1 amide bonds. The van der Waals surface area contributed by atoms with Gasteiger partial charge in [0, 0.05) is 13.1 Å². The minimum absolute atomic E-state index is 0.302. The van der Waals surface area contributed by atoms with Crippen LogP contribution in [-0.4, -0.2) is 24.8 Å². The maximum Gasteiger partial charge on any atom is 0.407 e. The summed E-state index contributed by atoms with van der Waals surface area (Å²) in [5, 5.41) is 14.3. The van der Waals surface area contributed by atoms with Crippen molar-refractivity contribution in [2.45, 2.75) is 26.4 Å². The van der Waals surface area contributed by atoms with Crippen molar-refractivity contribution in [2.24, 2.45) is 0 Å². The molecule has 0 aliphatic rings. The van der Waals surface area contributed by atoms with Gasteiger partial charge in [-0.1, -0.05) is 0 Å². The smallest absolute Gasteiger partial charge is 0.407 e. The molecular weight excluding hydrogens is 261 g/mol. The van der Waals surface area contributed by atoms with Gasteiger partial charge in [-0.3, -0.25) is 0 Å². The molecule has 1 rings (SSSR count). The van der Waals surface area contributed by atoms with Crippen molar-refractivity contribution in [2.75, 3.05) is 18.4 Å². The fraction of sp³-hybridized carbons (Fsp3) is 0.429. The second kappa shape index (κ2) is 6.75.